The Labute approximate surface area is 160 Å². The van der Waals surface area contributed by atoms with Crippen LogP contribution in [0.5, 0.6) is 0 Å². The average molecular weight is 385 g/mol. The van der Waals surface area contributed by atoms with Gasteiger partial charge in [0, 0.05) is 19.5 Å². The number of amides is 1. The Morgan fingerprint density at radius 2 is 2.15 bits per heavy atom. The number of hydrogen-bond acceptors (Lipinski definition) is 5. The molecule has 0 spiro atoms. The van der Waals surface area contributed by atoms with E-state index in [1.165, 1.54) is 23.5 Å². The Morgan fingerprint density at radius 1 is 1.33 bits per heavy atom. The fourth-order valence-corrected chi connectivity index (χ4v) is 4.18. The Morgan fingerprint density at radius 3 is 2.89 bits per heavy atom. The first-order valence-electron chi connectivity index (χ1n) is 8.98. The van der Waals surface area contributed by atoms with E-state index in [0.29, 0.717) is 23.7 Å². The summed E-state index contributed by atoms with van der Waals surface area (Å²) in [6, 6.07) is 6.38. The first-order chi connectivity index (χ1) is 13.1. The van der Waals surface area contributed by atoms with Crippen LogP contribution >= 0.6 is 11.3 Å². The van der Waals surface area contributed by atoms with Gasteiger partial charge in [-0.05, 0) is 37.5 Å². The van der Waals surface area contributed by atoms with Crippen molar-refractivity contribution in [1.29, 1.82) is 0 Å². The number of likely N-dealkylation sites (tertiary alicyclic amines) is 1. The van der Waals surface area contributed by atoms with E-state index >= 15 is 0 Å². The fraction of sp³-hybridized carbons (Fsp3) is 0.350. The van der Waals surface area contributed by atoms with Gasteiger partial charge in [-0.1, -0.05) is 12.1 Å². The molecule has 27 heavy (non-hydrogen) atoms. The third kappa shape index (κ3) is 3.93. The van der Waals surface area contributed by atoms with E-state index < -0.39 is 0 Å². The zero-order chi connectivity index (χ0) is 18.8. The summed E-state index contributed by atoms with van der Waals surface area (Å²) in [5, 5.41) is 0. The smallest absolute Gasteiger partial charge is 0.265 e. The van der Waals surface area contributed by atoms with Gasteiger partial charge in [0.25, 0.3) is 5.91 Å². The zero-order valence-corrected chi connectivity index (χ0v) is 15.8. The highest BCUT2D eigenvalue weighted by atomic mass is 32.1. The van der Waals surface area contributed by atoms with Crippen molar-refractivity contribution in [1.82, 2.24) is 14.9 Å². The van der Waals surface area contributed by atoms with Crippen molar-refractivity contribution in [3.05, 3.63) is 69.6 Å². The molecule has 3 heterocycles. The maximum absolute atomic E-state index is 13.0. The van der Waals surface area contributed by atoms with Crippen molar-refractivity contribution < 1.29 is 13.6 Å². The number of aryl methyl sites for hydroxylation is 1. The SMILES string of the molecule is Cc1ncsc1C(=O)N1CCC[C@@H](c2ncc(Cc3ccc(F)cc3)o2)C1. The van der Waals surface area contributed by atoms with Crippen molar-refractivity contribution in [3.8, 4) is 0 Å². The van der Waals surface area contributed by atoms with E-state index in [-0.39, 0.29) is 17.6 Å². The third-order valence-electron chi connectivity index (χ3n) is 4.86. The molecule has 0 saturated carbocycles. The minimum absolute atomic E-state index is 0.0396. The minimum atomic E-state index is -0.250. The summed E-state index contributed by atoms with van der Waals surface area (Å²) < 4.78 is 19.0. The van der Waals surface area contributed by atoms with Gasteiger partial charge in [-0.25, -0.2) is 14.4 Å². The van der Waals surface area contributed by atoms with E-state index in [1.54, 1.807) is 23.8 Å². The van der Waals surface area contributed by atoms with E-state index in [2.05, 4.69) is 9.97 Å². The molecule has 1 aliphatic rings. The molecule has 1 amide bonds. The number of carbonyl (C=O) groups is 1. The van der Waals surface area contributed by atoms with Crippen molar-refractivity contribution in [2.24, 2.45) is 0 Å². The largest absolute Gasteiger partial charge is 0.445 e. The molecule has 140 valence electrons. The monoisotopic (exact) mass is 385 g/mol. The molecule has 1 fully saturated rings. The van der Waals surface area contributed by atoms with Gasteiger partial charge in [0.2, 0.25) is 0 Å². The maximum Gasteiger partial charge on any atom is 0.265 e. The van der Waals surface area contributed by atoms with Crippen LogP contribution in [-0.2, 0) is 6.42 Å². The van der Waals surface area contributed by atoms with E-state index in [0.717, 1.165) is 36.4 Å². The standard InChI is InChI=1S/C20H20FN3O2S/c1-13-18(27-12-23-13)20(25)24-8-2-3-15(11-24)19-22-10-17(26-19)9-14-4-6-16(21)7-5-14/h4-7,10,12,15H,2-3,8-9,11H2,1H3/t15-/m1/s1. The number of carbonyl (C=O) groups excluding carboxylic acids is 1. The van der Waals surface area contributed by atoms with Gasteiger partial charge in [-0.15, -0.1) is 11.3 Å². The van der Waals surface area contributed by atoms with Crippen molar-refractivity contribution in [3.63, 3.8) is 0 Å². The van der Waals surface area contributed by atoms with Crippen LogP contribution in [0.3, 0.4) is 0 Å². The van der Waals surface area contributed by atoms with Crippen LogP contribution in [0.15, 0.2) is 40.4 Å². The predicted molar refractivity (Wildman–Crippen MR) is 100 cm³/mol. The summed E-state index contributed by atoms with van der Waals surface area (Å²) in [5.74, 6) is 1.31. The van der Waals surface area contributed by atoms with Gasteiger partial charge in [-0.2, -0.15) is 0 Å². The zero-order valence-electron chi connectivity index (χ0n) is 15.0. The molecule has 5 nitrogen and oxygen atoms in total. The molecule has 0 N–H and O–H groups in total. The Bertz CT molecular complexity index is 935. The van der Waals surface area contributed by atoms with E-state index in [4.69, 9.17) is 4.42 Å². The first kappa shape index (κ1) is 17.9. The lowest BCUT2D eigenvalue weighted by atomic mass is 9.98. The van der Waals surface area contributed by atoms with Gasteiger partial charge in [0.15, 0.2) is 5.89 Å². The lowest BCUT2D eigenvalue weighted by molar-refractivity contribution is 0.0702. The van der Waals surface area contributed by atoms with Gasteiger partial charge in [0.05, 0.1) is 23.3 Å². The molecule has 7 heteroatoms. The van der Waals surface area contributed by atoms with Gasteiger partial charge in [-0.3, -0.25) is 4.79 Å². The number of nitrogens with zero attached hydrogens (tertiary/aromatic N) is 3. The topological polar surface area (TPSA) is 59.2 Å². The van der Waals surface area contributed by atoms with Crippen LogP contribution in [0.1, 0.15) is 51.3 Å². The number of piperidine rings is 1. The second-order valence-corrected chi connectivity index (χ2v) is 7.68. The quantitative estimate of drug-likeness (QED) is 0.676. The van der Waals surface area contributed by atoms with Gasteiger partial charge < -0.3 is 9.32 Å². The Kier molecular flexibility index (Phi) is 5.03. The molecule has 0 aliphatic carbocycles. The average Bonchev–Trinajstić information content (AvgIpc) is 3.32. The van der Waals surface area contributed by atoms with Crippen molar-refractivity contribution in [2.45, 2.75) is 32.1 Å². The molecular formula is C20H20FN3O2S. The van der Waals surface area contributed by atoms with Crippen LogP contribution < -0.4 is 0 Å². The lowest BCUT2D eigenvalue weighted by Gasteiger charge is -2.31. The number of oxazole rings is 1. The molecule has 1 aliphatic heterocycles. The molecule has 1 saturated heterocycles. The Balaban J connectivity index is 1.44. The molecule has 1 atom stereocenters. The Hall–Kier alpha value is -2.54. The highest BCUT2D eigenvalue weighted by Gasteiger charge is 2.29. The van der Waals surface area contributed by atoms with Crippen molar-refractivity contribution >= 4 is 17.2 Å². The van der Waals surface area contributed by atoms with Crippen LogP contribution in [0.2, 0.25) is 0 Å². The molecule has 1 aromatic carbocycles. The maximum atomic E-state index is 13.0. The highest BCUT2D eigenvalue weighted by Crippen LogP contribution is 2.29. The fourth-order valence-electron chi connectivity index (χ4n) is 3.41. The highest BCUT2D eigenvalue weighted by molar-refractivity contribution is 7.11. The van der Waals surface area contributed by atoms with Crippen molar-refractivity contribution in [2.75, 3.05) is 13.1 Å². The van der Waals surface area contributed by atoms with Crippen LogP contribution in [-0.4, -0.2) is 33.9 Å². The number of hydrogen-bond donors (Lipinski definition) is 0. The van der Waals surface area contributed by atoms with E-state index in [9.17, 15) is 9.18 Å². The summed E-state index contributed by atoms with van der Waals surface area (Å²) in [7, 11) is 0. The van der Waals surface area contributed by atoms with Crippen LogP contribution in [0, 0.1) is 12.7 Å². The number of aromatic nitrogens is 2. The number of halogens is 1. The number of thiazole rings is 1. The molecule has 0 unspecified atom stereocenters. The van der Waals surface area contributed by atoms with Crippen LogP contribution in [0.25, 0.3) is 0 Å². The second kappa shape index (κ2) is 7.60. The molecular weight excluding hydrogens is 365 g/mol. The first-order valence-corrected chi connectivity index (χ1v) is 9.86. The number of rotatable bonds is 4. The normalized spacial score (nSPS) is 17.3. The third-order valence-corrected chi connectivity index (χ3v) is 5.78. The number of benzene rings is 1. The molecule has 2 aromatic heterocycles. The molecule has 4 rings (SSSR count). The van der Waals surface area contributed by atoms with Gasteiger partial charge >= 0.3 is 0 Å². The lowest BCUT2D eigenvalue weighted by Crippen LogP contribution is -2.39. The summed E-state index contributed by atoms with van der Waals surface area (Å²) in [4.78, 5) is 23.9. The summed E-state index contributed by atoms with van der Waals surface area (Å²) in [6.45, 7) is 3.21. The molecule has 0 radical (unpaired) electrons. The van der Waals surface area contributed by atoms with E-state index in [1.807, 2.05) is 11.8 Å². The van der Waals surface area contributed by atoms with Crippen LogP contribution in [0.4, 0.5) is 4.39 Å². The van der Waals surface area contributed by atoms with Gasteiger partial charge in [0.1, 0.15) is 16.5 Å². The predicted octanol–water partition coefficient (Wildman–Crippen LogP) is 4.19. The summed E-state index contributed by atoms with van der Waals surface area (Å²) >= 11 is 1.39. The minimum Gasteiger partial charge on any atom is -0.445 e. The molecule has 3 aromatic rings. The summed E-state index contributed by atoms with van der Waals surface area (Å²) in [6.07, 6.45) is 4.17. The molecule has 0 bridgehead atoms. The second-order valence-electron chi connectivity index (χ2n) is 6.83. The summed E-state index contributed by atoms with van der Waals surface area (Å²) in [5.41, 5.74) is 3.46.